The molecular formula is C13H16N2S. The second kappa shape index (κ2) is 4.50. The molecule has 2 nitrogen and oxygen atoms in total. The van der Waals surface area contributed by atoms with Crippen molar-refractivity contribution in [2.24, 2.45) is 4.99 Å². The molecule has 0 radical (unpaired) electrons. The van der Waals surface area contributed by atoms with Gasteiger partial charge >= 0.3 is 0 Å². The summed E-state index contributed by atoms with van der Waals surface area (Å²) < 4.78 is 0. The minimum absolute atomic E-state index is 1.07. The lowest BCUT2D eigenvalue weighted by atomic mass is 10.1. The van der Waals surface area contributed by atoms with E-state index in [0.29, 0.717) is 0 Å². The van der Waals surface area contributed by atoms with Crippen molar-refractivity contribution in [2.75, 3.05) is 13.1 Å². The van der Waals surface area contributed by atoms with Crippen LogP contribution in [0.15, 0.2) is 29.3 Å². The maximum atomic E-state index is 4.77. The Hall–Kier alpha value is -0.960. The third-order valence-corrected chi connectivity index (χ3v) is 4.25. The molecular weight excluding hydrogens is 216 g/mol. The van der Waals surface area contributed by atoms with Crippen molar-refractivity contribution in [3.05, 3.63) is 29.8 Å². The number of aliphatic imine (C=N–C) groups is 1. The SMILES string of the molecule is c1ccc2c(c1)CSC(N1CCCCC1)=N2. The Labute approximate surface area is 101 Å². The molecule has 2 heterocycles. The van der Waals surface area contributed by atoms with Crippen LogP contribution in [0.2, 0.25) is 0 Å². The lowest BCUT2D eigenvalue weighted by Crippen LogP contribution is -2.34. The number of benzene rings is 1. The molecule has 84 valence electrons. The number of nitrogens with zero attached hydrogens (tertiary/aromatic N) is 2. The number of hydrogen-bond acceptors (Lipinski definition) is 3. The van der Waals surface area contributed by atoms with Crippen LogP contribution in [0.1, 0.15) is 24.8 Å². The Bertz CT molecular complexity index is 408. The zero-order chi connectivity index (χ0) is 10.8. The summed E-state index contributed by atoms with van der Waals surface area (Å²) in [6, 6.07) is 8.48. The molecule has 16 heavy (non-hydrogen) atoms. The molecule has 0 bridgehead atoms. The van der Waals surface area contributed by atoms with Crippen molar-refractivity contribution in [3.63, 3.8) is 0 Å². The fourth-order valence-electron chi connectivity index (χ4n) is 2.27. The van der Waals surface area contributed by atoms with Crippen molar-refractivity contribution in [1.29, 1.82) is 0 Å². The van der Waals surface area contributed by atoms with Gasteiger partial charge in [-0.1, -0.05) is 30.0 Å². The Balaban J connectivity index is 1.85. The quantitative estimate of drug-likeness (QED) is 0.681. The highest BCUT2D eigenvalue weighted by atomic mass is 32.2. The van der Waals surface area contributed by atoms with Crippen LogP contribution in [-0.2, 0) is 5.75 Å². The zero-order valence-electron chi connectivity index (χ0n) is 9.35. The van der Waals surface area contributed by atoms with Crippen LogP contribution in [0.25, 0.3) is 0 Å². The highest BCUT2D eigenvalue weighted by molar-refractivity contribution is 8.13. The average molecular weight is 232 g/mol. The van der Waals surface area contributed by atoms with Crippen LogP contribution in [0.3, 0.4) is 0 Å². The maximum absolute atomic E-state index is 4.77. The van der Waals surface area contributed by atoms with Gasteiger partial charge in [0.2, 0.25) is 0 Å². The minimum atomic E-state index is 1.07. The molecule has 2 aliphatic rings. The van der Waals surface area contributed by atoms with E-state index in [0.717, 1.165) is 5.75 Å². The van der Waals surface area contributed by atoms with Gasteiger partial charge < -0.3 is 4.90 Å². The first-order valence-corrected chi connectivity index (χ1v) is 6.96. The number of likely N-dealkylation sites (tertiary alicyclic amines) is 1. The fraction of sp³-hybridized carbons (Fsp3) is 0.462. The summed E-state index contributed by atoms with van der Waals surface area (Å²) in [5, 5.41) is 1.23. The van der Waals surface area contributed by atoms with Gasteiger partial charge in [0.05, 0.1) is 5.69 Å². The highest BCUT2D eigenvalue weighted by Gasteiger charge is 2.19. The Morgan fingerprint density at radius 1 is 1.06 bits per heavy atom. The largest absolute Gasteiger partial charge is 0.351 e. The van der Waals surface area contributed by atoms with Crippen LogP contribution in [-0.4, -0.2) is 23.2 Å². The van der Waals surface area contributed by atoms with E-state index in [1.165, 1.54) is 48.8 Å². The molecule has 0 aliphatic carbocycles. The normalized spacial score (nSPS) is 20.2. The summed E-state index contributed by atoms with van der Waals surface area (Å²) in [7, 11) is 0. The number of hydrogen-bond donors (Lipinski definition) is 0. The van der Waals surface area contributed by atoms with Crippen LogP contribution in [0.5, 0.6) is 0 Å². The van der Waals surface area contributed by atoms with Gasteiger partial charge in [-0.05, 0) is 30.9 Å². The van der Waals surface area contributed by atoms with E-state index >= 15 is 0 Å². The topological polar surface area (TPSA) is 15.6 Å². The number of thioether (sulfide) groups is 1. The van der Waals surface area contributed by atoms with E-state index in [9.17, 15) is 0 Å². The molecule has 0 amide bonds. The van der Waals surface area contributed by atoms with Crippen molar-refractivity contribution >= 4 is 22.6 Å². The van der Waals surface area contributed by atoms with E-state index in [4.69, 9.17) is 4.99 Å². The average Bonchev–Trinajstić information content (AvgIpc) is 2.39. The van der Waals surface area contributed by atoms with E-state index in [2.05, 4.69) is 29.2 Å². The first-order chi connectivity index (χ1) is 7.93. The first-order valence-electron chi connectivity index (χ1n) is 5.98. The first kappa shape index (κ1) is 10.2. The predicted molar refractivity (Wildman–Crippen MR) is 70.3 cm³/mol. The summed E-state index contributed by atoms with van der Waals surface area (Å²) in [5.74, 6) is 1.07. The smallest absolute Gasteiger partial charge is 0.164 e. The summed E-state index contributed by atoms with van der Waals surface area (Å²) in [5.41, 5.74) is 2.54. The Kier molecular flexibility index (Phi) is 2.87. The van der Waals surface area contributed by atoms with E-state index in [1.54, 1.807) is 0 Å². The Morgan fingerprint density at radius 2 is 1.88 bits per heavy atom. The van der Waals surface area contributed by atoms with Gasteiger partial charge in [-0.15, -0.1) is 0 Å². The lowest BCUT2D eigenvalue weighted by molar-refractivity contribution is 0.348. The van der Waals surface area contributed by atoms with Crippen molar-refractivity contribution in [1.82, 2.24) is 4.90 Å². The Morgan fingerprint density at radius 3 is 2.75 bits per heavy atom. The molecule has 0 atom stereocenters. The van der Waals surface area contributed by atoms with Crippen LogP contribution >= 0.6 is 11.8 Å². The van der Waals surface area contributed by atoms with Gasteiger partial charge in [0.25, 0.3) is 0 Å². The van der Waals surface area contributed by atoms with Crippen LogP contribution in [0.4, 0.5) is 5.69 Å². The predicted octanol–water partition coefficient (Wildman–Crippen LogP) is 3.41. The molecule has 1 saturated heterocycles. The number of para-hydroxylation sites is 1. The molecule has 2 aliphatic heterocycles. The molecule has 3 heteroatoms. The monoisotopic (exact) mass is 232 g/mol. The minimum Gasteiger partial charge on any atom is -0.351 e. The standard InChI is InChI=1S/C13H16N2S/c1-4-8-15(9-5-1)13-14-12-7-3-2-6-11(12)10-16-13/h2-3,6-7H,1,4-5,8-10H2. The van der Waals surface area contributed by atoms with Crippen LogP contribution < -0.4 is 0 Å². The molecule has 1 aromatic carbocycles. The second-order valence-electron chi connectivity index (χ2n) is 4.36. The lowest BCUT2D eigenvalue weighted by Gasteiger charge is -2.31. The van der Waals surface area contributed by atoms with Gasteiger partial charge in [0, 0.05) is 18.8 Å². The highest BCUT2D eigenvalue weighted by Crippen LogP contribution is 2.32. The molecule has 1 aromatic rings. The zero-order valence-corrected chi connectivity index (χ0v) is 10.2. The van der Waals surface area contributed by atoms with E-state index in [1.807, 2.05) is 11.8 Å². The second-order valence-corrected chi connectivity index (χ2v) is 5.30. The third kappa shape index (κ3) is 1.96. The van der Waals surface area contributed by atoms with Gasteiger partial charge in [0.15, 0.2) is 5.17 Å². The van der Waals surface area contributed by atoms with Gasteiger partial charge in [0.1, 0.15) is 0 Å². The fourth-order valence-corrected chi connectivity index (χ4v) is 3.32. The maximum Gasteiger partial charge on any atom is 0.164 e. The number of amidine groups is 1. The summed E-state index contributed by atoms with van der Waals surface area (Å²) in [6.07, 6.45) is 4.02. The summed E-state index contributed by atoms with van der Waals surface area (Å²) in [4.78, 5) is 7.22. The summed E-state index contributed by atoms with van der Waals surface area (Å²) >= 11 is 1.89. The van der Waals surface area contributed by atoms with E-state index in [-0.39, 0.29) is 0 Å². The molecule has 1 fully saturated rings. The van der Waals surface area contributed by atoms with Gasteiger partial charge in [-0.2, -0.15) is 0 Å². The molecule has 0 aromatic heterocycles. The summed E-state index contributed by atoms with van der Waals surface area (Å²) in [6.45, 7) is 2.38. The molecule has 0 unspecified atom stereocenters. The van der Waals surface area contributed by atoms with Crippen molar-refractivity contribution in [3.8, 4) is 0 Å². The molecule has 3 rings (SSSR count). The number of fused-ring (bicyclic) bond motifs is 1. The molecule has 0 N–H and O–H groups in total. The van der Waals surface area contributed by atoms with E-state index < -0.39 is 0 Å². The van der Waals surface area contributed by atoms with Crippen molar-refractivity contribution in [2.45, 2.75) is 25.0 Å². The third-order valence-electron chi connectivity index (χ3n) is 3.19. The number of rotatable bonds is 0. The van der Waals surface area contributed by atoms with Gasteiger partial charge in [-0.3, -0.25) is 0 Å². The number of piperidine rings is 1. The van der Waals surface area contributed by atoms with Gasteiger partial charge in [-0.25, -0.2) is 4.99 Å². The molecule has 0 spiro atoms. The molecule has 0 saturated carbocycles. The van der Waals surface area contributed by atoms with Crippen molar-refractivity contribution < 1.29 is 0 Å². The van der Waals surface area contributed by atoms with Crippen LogP contribution in [0, 0.1) is 0 Å².